The normalized spacial score (nSPS) is 11.5. The zero-order chi connectivity index (χ0) is 17.8. The van der Waals surface area contributed by atoms with E-state index in [1.807, 2.05) is 0 Å². The Hall–Kier alpha value is -1.96. The van der Waals surface area contributed by atoms with Crippen LogP contribution in [-0.4, -0.2) is 6.61 Å². The van der Waals surface area contributed by atoms with Gasteiger partial charge in [-0.05, 0) is 56.4 Å². The predicted octanol–water partition coefficient (Wildman–Crippen LogP) is 7.11. The van der Waals surface area contributed by atoms with Gasteiger partial charge in [0.05, 0.1) is 6.61 Å². The second-order valence-electron chi connectivity index (χ2n) is 7.05. The highest BCUT2D eigenvalue weighted by atomic mass is 16.5. The molecule has 25 heavy (non-hydrogen) atoms. The molecule has 3 aromatic rings. The van der Waals surface area contributed by atoms with E-state index in [0.717, 1.165) is 41.9 Å². The topological polar surface area (TPSA) is 22.4 Å². The molecule has 2 aromatic carbocycles. The first-order chi connectivity index (χ1) is 12.2. The van der Waals surface area contributed by atoms with Crippen molar-refractivity contribution in [1.29, 1.82) is 0 Å². The number of rotatable bonds is 8. The van der Waals surface area contributed by atoms with Crippen molar-refractivity contribution in [2.75, 3.05) is 6.61 Å². The van der Waals surface area contributed by atoms with Crippen molar-refractivity contribution in [2.24, 2.45) is 0 Å². The largest absolute Gasteiger partial charge is 0.493 e. The van der Waals surface area contributed by atoms with E-state index in [2.05, 4.69) is 52.0 Å². The van der Waals surface area contributed by atoms with Gasteiger partial charge in [0, 0.05) is 16.3 Å². The Morgan fingerprint density at radius 1 is 0.800 bits per heavy atom. The summed E-state index contributed by atoms with van der Waals surface area (Å²) in [5, 5.41) is 2.41. The number of unbranched alkanes of at least 4 members (excludes halogenated alkanes) is 3. The van der Waals surface area contributed by atoms with Gasteiger partial charge in [0.2, 0.25) is 0 Å². The van der Waals surface area contributed by atoms with Gasteiger partial charge in [-0.15, -0.1) is 0 Å². The third kappa shape index (κ3) is 3.53. The van der Waals surface area contributed by atoms with Crippen LogP contribution in [0.25, 0.3) is 21.9 Å². The first-order valence-corrected chi connectivity index (χ1v) is 9.74. The van der Waals surface area contributed by atoms with Crippen molar-refractivity contribution >= 4 is 21.9 Å². The van der Waals surface area contributed by atoms with Crippen LogP contribution in [0.4, 0.5) is 0 Å². The highest BCUT2D eigenvalue weighted by Gasteiger charge is 2.15. The fourth-order valence-corrected chi connectivity index (χ4v) is 3.52. The number of hydrogen-bond donors (Lipinski definition) is 0. The van der Waals surface area contributed by atoms with Crippen LogP contribution in [0, 0.1) is 13.8 Å². The van der Waals surface area contributed by atoms with Gasteiger partial charge in [-0.2, -0.15) is 0 Å². The maximum atomic E-state index is 6.32. The summed E-state index contributed by atoms with van der Waals surface area (Å²) in [5.74, 6) is 0.950. The molecule has 0 fully saturated rings. The molecule has 3 rings (SSSR count). The number of furan rings is 1. The average molecular weight is 338 g/mol. The molecule has 0 saturated carbocycles. The average Bonchev–Trinajstić information content (AvgIpc) is 3.00. The van der Waals surface area contributed by atoms with Crippen molar-refractivity contribution in [1.82, 2.24) is 0 Å². The SMILES string of the molecule is CCCCCOc1ccc2c(oc3c(C)c(CCCC)ccc32)c1C. The molecule has 134 valence electrons. The Balaban J connectivity index is 1.98. The van der Waals surface area contributed by atoms with E-state index in [0.29, 0.717) is 0 Å². The van der Waals surface area contributed by atoms with Crippen molar-refractivity contribution in [3.63, 3.8) is 0 Å². The van der Waals surface area contributed by atoms with Crippen LogP contribution in [0.5, 0.6) is 5.75 Å². The molecule has 0 saturated heterocycles. The Labute approximate surface area is 151 Å². The zero-order valence-corrected chi connectivity index (χ0v) is 16.1. The number of hydrogen-bond acceptors (Lipinski definition) is 2. The van der Waals surface area contributed by atoms with Crippen LogP contribution in [-0.2, 0) is 6.42 Å². The fraction of sp³-hybridized carbons (Fsp3) is 0.478. The molecule has 0 aliphatic rings. The van der Waals surface area contributed by atoms with E-state index in [-0.39, 0.29) is 0 Å². The van der Waals surface area contributed by atoms with Gasteiger partial charge in [-0.3, -0.25) is 0 Å². The molecule has 0 amide bonds. The summed E-state index contributed by atoms with van der Waals surface area (Å²) in [6.07, 6.45) is 7.10. The highest BCUT2D eigenvalue weighted by Crippen LogP contribution is 2.37. The molecule has 0 radical (unpaired) electrons. The lowest BCUT2D eigenvalue weighted by molar-refractivity contribution is 0.304. The molecule has 0 atom stereocenters. The number of fused-ring (bicyclic) bond motifs is 3. The Morgan fingerprint density at radius 2 is 1.48 bits per heavy atom. The highest BCUT2D eigenvalue weighted by molar-refractivity contribution is 6.07. The molecule has 2 nitrogen and oxygen atoms in total. The molecule has 1 heterocycles. The molecule has 1 aromatic heterocycles. The van der Waals surface area contributed by atoms with Gasteiger partial charge >= 0.3 is 0 Å². The molecule has 0 aliphatic carbocycles. The van der Waals surface area contributed by atoms with Gasteiger partial charge in [-0.1, -0.05) is 45.2 Å². The Morgan fingerprint density at radius 3 is 2.20 bits per heavy atom. The van der Waals surface area contributed by atoms with E-state index >= 15 is 0 Å². The molecule has 0 N–H and O–H groups in total. The smallest absolute Gasteiger partial charge is 0.142 e. The standard InChI is InChI=1S/C23H30O2/c1-5-7-9-15-24-21-14-13-20-19-12-11-18(10-8-6-2)16(3)22(19)25-23(20)17(21)4/h11-14H,5-10,15H2,1-4H3. The van der Waals surface area contributed by atoms with Crippen molar-refractivity contribution in [3.05, 3.63) is 41.0 Å². The lowest BCUT2D eigenvalue weighted by Gasteiger charge is -2.08. The Kier molecular flexibility index (Phi) is 5.67. The van der Waals surface area contributed by atoms with E-state index in [4.69, 9.17) is 9.15 Å². The van der Waals surface area contributed by atoms with Crippen LogP contribution in [0.1, 0.15) is 62.6 Å². The lowest BCUT2D eigenvalue weighted by Crippen LogP contribution is -1.98. The number of ether oxygens (including phenoxy) is 1. The minimum atomic E-state index is 0.778. The number of aryl methyl sites for hydroxylation is 3. The van der Waals surface area contributed by atoms with Crippen molar-refractivity contribution in [2.45, 2.75) is 66.2 Å². The van der Waals surface area contributed by atoms with E-state index in [9.17, 15) is 0 Å². The summed E-state index contributed by atoms with van der Waals surface area (Å²) in [5.41, 5.74) is 5.81. The van der Waals surface area contributed by atoms with Gasteiger partial charge in [0.15, 0.2) is 0 Å². The Bertz CT molecular complexity index is 858. The van der Waals surface area contributed by atoms with Crippen LogP contribution in [0.3, 0.4) is 0 Å². The minimum absolute atomic E-state index is 0.778. The monoisotopic (exact) mass is 338 g/mol. The van der Waals surface area contributed by atoms with Crippen LogP contribution in [0.15, 0.2) is 28.7 Å². The minimum Gasteiger partial charge on any atom is -0.493 e. The van der Waals surface area contributed by atoms with E-state index < -0.39 is 0 Å². The fourth-order valence-electron chi connectivity index (χ4n) is 3.52. The summed E-state index contributed by atoms with van der Waals surface area (Å²) >= 11 is 0. The lowest BCUT2D eigenvalue weighted by atomic mass is 10.00. The quantitative estimate of drug-likeness (QED) is 0.408. The third-order valence-corrected chi connectivity index (χ3v) is 5.17. The van der Waals surface area contributed by atoms with Gasteiger partial charge < -0.3 is 9.15 Å². The maximum absolute atomic E-state index is 6.32. The van der Waals surface area contributed by atoms with Crippen LogP contribution >= 0.6 is 0 Å². The summed E-state index contributed by atoms with van der Waals surface area (Å²) in [6, 6.07) is 8.74. The van der Waals surface area contributed by atoms with Gasteiger partial charge in [-0.25, -0.2) is 0 Å². The van der Waals surface area contributed by atoms with Crippen molar-refractivity contribution < 1.29 is 9.15 Å². The molecular weight excluding hydrogens is 308 g/mol. The third-order valence-electron chi connectivity index (χ3n) is 5.17. The van der Waals surface area contributed by atoms with Crippen molar-refractivity contribution in [3.8, 4) is 5.75 Å². The predicted molar refractivity (Wildman–Crippen MR) is 107 cm³/mol. The molecule has 2 heteroatoms. The molecule has 0 bridgehead atoms. The first-order valence-electron chi connectivity index (χ1n) is 9.74. The summed E-state index contributed by atoms with van der Waals surface area (Å²) in [6.45, 7) is 9.52. The second kappa shape index (κ2) is 7.95. The van der Waals surface area contributed by atoms with Gasteiger partial charge in [0.1, 0.15) is 16.9 Å². The molecular formula is C23H30O2. The van der Waals surface area contributed by atoms with E-state index in [1.54, 1.807) is 0 Å². The summed E-state index contributed by atoms with van der Waals surface area (Å²) < 4.78 is 12.3. The first kappa shape index (κ1) is 17.8. The maximum Gasteiger partial charge on any atom is 0.142 e. The van der Waals surface area contributed by atoms with Gasteiger partial charge in [0.25, 0.3) is 0 Å². The second-order valence-corrected chi connectivity index (χ2v) is 7.05. The molecule has 0 spiro atoms. The zero-order valence-electron chi connectivity index (χ0n) is 16.1. The number of benzene rings is 2. The summed E-state index contributed by atoms with van der Waals surface area (Å²) in [7, 11) is 0. The molecule has 0 unspecified atom stereocenters. The summed E-state index contributed by atoms with van der Waals surface area (Å²) in [4.78, 5) is 0. The van der Waals surface area contributed by atoms with Crippen LogP contribution in [0.2, 0.25) is 0 Å². The molecule has 0 aliphatic heterocycles. The van der Waals surface area contributed by atoms with E-state index in [1.165, 1.54) is 47.6 Å². The van der Waals surface area contributed by atoms with Crippen LogP contribution < -0.4 is 4.74 Å².